The average molecular weight is 416 g/mol. The molecule has 3 aliphatic rings. The number of amides is 2. The lowest BCUT2D eigenvalue weighted by molar-refractivity contribution is -0.140. The van der Waals surface area contributed by atoms with Gasteiger partial charge in [0.1, 0.15) is 0 Å². The molecular weight excluding hydrogens is 386 g/mol. The summed E-state index contributed by atoms with van der Waals surface area (Å²) in [5.41, 5.74) is 0.955. The SMILES string of the molecule is CCNC(=NCc1csc(C(C)C)n1)NCCN1C(=O)C2C3C=CC(C3)C2C1=O. The fraction of sp³-hybridized carbons (Fsp3) is 0.619. The molecule has 156 valence electrons. The molecule has 0 radical (unpaired) electrons. The summed E-state index contributed by atoms with van der Waals surface area (Å²) in [4.78, 5) is 36.1. The molecule has 1 aromatic rings. The lowest BCUT2D eigenvalue weighted by atomic mass is 9.85. The van der Waals surface area contributed by atoms with Gasteiger partial charge in [-0.2, -0.15) is 0 Å². The minimum atomic E-state index is -0.126. The summed E-state index contributed by atoms with van der Waals surface area (Å²) >= 11 is 1.66. The molecule has 4 atom stereocenters. The van der Waals surface area contributed by atoms with E-state index in [1.807, 2.05) is 12.3 Å². The first-order valence-corrected chi connectivity index (χ1v) is 11.4. The first kappa shape index (κ1) is 20.1. The number of nitrogens with zero attached hydrogens (tertiary/aromatic N) is 3. The van der Waals surface area contributed by atoms with Crippen LogP contribution in [-0.2, 0) is 16.1 Å². The third-order valence-corrected chi connectivity index (χ3v) is 7.19. The van der Waals surface area contributed by atoms with Gasteiger partial charge in [-0.1, -0.05) is 26.0 Å². The maximum Gasteiger partial charge on any atom is 0.233 e. The van der Waals surface area contributed by atoms with Gasteiger partial charge >= 0.3 is 0 Å². The average Bonchev–Trinajstić information content (AvgIpc) is 3.46. The molecule has 2 N–H and O–H groups in total. The van der Waals surface area contributed by atoms with Crippen LogP contribution in [0, 0.1) is 23.7 Å². The zero-order valence-corrected chi connectivity index (χ0v) is 18.0. The summed E-state index contributed by atoms with van der Waals surface area (Å²) < 4.78 is 0. The molecule has 1 aliphatic heterocycles. The molecule has 4 rings (SSSR count). The molecule has 1 aromatic heterocycles. The van der Waals surface area contributed by atoms with Crippen LogP contribution < -0.4 is 10.6 Å². The first-order valence-electron chi connectivity index (χ1n) is 10.5. The molecule has 4 unspecified atom stereocenters. The van der Waals surface area contributed by atoms with Gasteiger partial charge in [0, 0.05) is 30.9 Å². The predicted molar refractivity (Wildman–Crippen MR) is 113 cm³/mol. The molecule has 0 aromatic carbocycles. The van der Waals surface area contributed by atoms with Crippen LogP contribution in [0.3, 0.4) is 0 Å². The number of hydrogen-bond acceptors (Lipinski definition) is 5. The maximum absolute atomic E-state index is 12.7. The Balaban J connectivity index is 1.32. The molecule has 7 nitrogen and oxygen atoms in total. The first-order chi connectivity index (χ1) is 14.0. The summed E-state index contributed by atoms with van der Waals surface area (Å²) in [6.45, 7) is 8.37. The number of rotatable bonds is 7. The van der Waals surface area contributed by atoms with Crippen LogP contribution in [-0.4, -0.2) is 47.3 Å². The number of aromatic nitrogens is 1. The topological polar surface area (TPSA) is 86.7 Å². The quantitative estimate of drug-likeness (QED) is 0.308. The highest BCUT2D eigenvalue weighted by Gasteiger charge is 2.58. The maximum atomic E-state index is 12.7. The van der Waals surface area contributed by atoms with Crippen LogP contribution in [0.4, 0.5) is 0 Å². The van der Waals surface area contributed by atoms with Crippen LogP contribution in [0.25, 0.3) is 0 Å². The molecule has 2 bridgehead atoms. The summed E-state index contributed by atoms with van der Waals surface area (Å²) in [6.07, 6.45) is 5.21. The predicted octanol–water partition coefficient (Wildman–Crippen LogP) is 2.13. The summed E-state index contributed by atoms with van der Waals surface area (Å²) in [7, 11) is 0. The highest BCUT2D eigenvalue weighted by atomic mass is 32.1. The zero-order valence-electron chi connectivity index (χ0n) is 17.2. The van der Waals surface area contributed by atoms with Crippen molar-refractivity contribution in [1.82, 2.24) is 20.5 Å². The van der Waals surface area contributed by atoms with E-state index in [4.69, 9.17) is 0 Å². The van der Waals surface area contributed by atoms with Crippen LogP contribution >= 0.6 is 11.3 Å². The van der Waals surface area contributed by atoms with Gasteiger partial charge in [0.25, 0.3) is 0 Å². The number of guanidine groups is 1. The fourth-order valence-corrected chi connectivity index (χ4v) is 5.46. The van der Waals surface area contributed by atoms with Gasteiger partial charge in [0.15, 0.2) is 5.96 Å². The Morgan fingerprint density at radius 2 is 1.93 bits per heavy atom. The van der Waals surface area contributed by atoms with Gasteiger partial charge in [0.05, 0.1) is 29.1 Å². The number of nitrogens with one attached hydrogen (secondary N) is 2. The Kier molecular flexibility index (Phi) is 5.72. The Bertz CT molecular complexity index is 816. The number of fused-ring (bicyclic) bond motifs is 5. The second-order valence-corrected chi connectivity index (χ2v) is 9.17. The van der Waals surface area contributed by atoms with E-state index >= 15 is 0 Å². The third kappa shape index (κ3) is 3.82. The molecule has 1 saturated heterocycles. The van der Waals surface area contributed by atoms with E-state index < -0.39 is 0 Å². The number of imide groups is 1. The number of aliphatic imine (C=N–C) groups is 1. The third-order valence-electron chi connectivity index (χ3n) is 6.00. The molecule has 8 heteroatoms. The van der Waals surface area contributed by atoms with Gasteiger partial charge in [-0.25, -0.2) is 9.98 Å². The lowest BCUT2D eigenvalue weighted by Crippen LogP contribution is -2.43. The van der Waals surface area contributed by atoms with E-state index in [1.54, 1.807) is 11.3 Å². The van der Waals surface area contributed by atoms with Crippen LogP contribution in [0.5, 0.6) is 0 Å². The normalized spacial score (nSPS) is 28.0. The number of allylic oxidation sites excluding steroid dienone is 2. The summed E-state index contributed by atoms with van der Waals surface area (Å²) in [5.74, 6) is 1.36. The van der Waals surface area contributed by atoms with E-state index in [-0.39, 0.29) is 35.5 Å². The van der Waals surface area contributed by atoms with Crippen molar-refractivity contribution < 1.29 is 9.59 Å². The van der Waals surface area contributed by atoms with Crippen molar-refractivity contribution in [1.29, 1.82) is 0 Å². The number of hydrogen-bond donors (Lipinski definition) is 2. The Hall–Kier alpha value is -2.22. The highest BCUT2D eigenvalue weighted by molar-refractivity contribution is 7.09. The lowest BCUT2D eigenvalue weighted by Gasteiger charge is -2.18. The Morgan fingerprint density at radius 1 is 1.24 bits per heavy atom. The van der Waals surface area contributed by atoms with Crippen LogP contribution in [0.2, 0.25) is 0 Å². The van der Waals surface area contributed by atoms with Gasteiger partial charge in [-0.3, -0.25) is 14.5 Å². The van der Waals surface area contributed by atoms with E-state index in [1.165, 1.54) is 4.90 Å². The molecule has 2 amide bonds. The molecule has 0 spiro atoms. The summed E-state index contributed by atoms with van der Waals surface area (Å²) in [6, 6.07) is 0. The standard InChI is InChI=1S/C21H29N5O2S/c1-4-22-21(24-10-15-11-29-18(25-15)12(2)3)23-7-8-26-19(27)16-13-5-6-14(9-13)17(16)20(26)28/h5-6,11-14,16-17H,4,7-10H2,1-3H3,(H2,22,23,24). The fourth-order valence-electron chi connectivity index (χ4n) is 4.63. The van der Waals surface area contributed by atoms with Gasteiger partial charge < -0.3 is 10.6 Å². The Labute approximate surface area is 175 Å². The number of likely N-dealkylation sites (tertiary alicyclic amines) is 1. The van der Waals surface area contributed by atoms with Crippen molar-refractivity contribution in [2.75, 3.05) is 19.6 Å². The molecule has 2 aliphatic carbocycles. The minimum Gasteiger partial charge on any atom is -0.357 e. The van der Waals surface area contributed by atoms with E-state index in [9.17, 15) is 9.59 Å². The zero-order chi connectivity index (χ0) is 20.5. The van der Waals surface area contributed by atoms with Gasteiger partial charge in [-0.05, 0) is 25.2 Å². The minimum absolute atomic E-state index is 0.00396. The van der Waals surface area contributed by atoms with Crippen molar-refractivity contribution in [3.8, 4) is 0 Å². The van der Waals surface area contributed by atoms with Gasteiger partial charge in [0.2, 0.25) is 11.8 Å². The van der Waals surface area contributed by atoms with Gasteiger partial charge in [-0.15, -0.1) is 11.3 Å². The largest absolute Gasteiger partial charge is 0.357 e. The van der Waals surface area contributed by atoms with Crippen LogP contribution in [0.15, 0.2) is 22.5 Å². The van der Waals surface area contributed by atoms with E-state index in [0.717, 1.165) is 23.7 Å². The highest BCUT2D eigenvalue weighted by Crippen LogP contribution is 2.52. The molecule has 2 fully saturated rings. The number of thiazole rings is 1. The second kappa shape index (κ2) is 8.26. The summed E-state index contributed by atoms with van der Waals surface area (Å²) in [5, 5.41) is 9.62. The van der Waals surface area contributed by atoms with Crippen molar-refractivity contribution in [2.45, 2.75) is 39.7 Å². The molecule has 1 saturated carbocycles. The smallest absolute Gasteiger partial charge is 0.233 e. The number of carbonyl (C=O) groups is 2. The van der Waals surface area contributed by atoms with Crippen molar-refractivity contribution >= 4 is 29.1 Å². The number of carbonyl (C=O) groups excluding carboxylic acids is 2. The van der Waals surface area contributed by atoms with Crippen molar-refractivity contribution in [2.24, 2.45) is 28.7 Å². The van der Waals surface area contributed by atoms with Crippen LogP contribution in [0.1, 0.15) is 43.8 Å². The Morgan fingerprint density at radius 3 is 2.52 bits per heavy atom. The molecule has 29 heavy (non-hydrogen) atoms. The second-order valence-electron chi connectivity index (χ2n) is 8.28. The molecular formula is C21H29N5O2S. The van der Waals surface area contributed by atoms with E-state index in [2.05, 4.69) is 46.6 Å². The monoisotopic (exact) mass is 415 g/mol. The van der Waals surface area contributed by atoms with E-state index in [0.29, 0.717) is 31.5 Å². The molecule has 2 heterocycles. The van der Waals surface area contributed by atoms with Crippen molar-refractivity contribution in [3.05, 3.63) is 28.2 Å². The van der Waals surface area contributed by atoms with Crippen molar-refractivity contribution in [3.63, 3.8) is 0 Å².